The van der Waals surface area contributed by atoms with Crippen LogP contribution in [0.1, 0.15) is 31.2 Å². The Labute approximate surface area is 109 Å². The summed E-state index contributed by atoms with van der Waals surface area (Å²) in [7, 11) is 0. The average molecular weight is 242 g/mol. The first-order chi connectivity index (χ1) is 8.83. The Balaban J connectivity index is 1.52. The van der Waals surface area contributed by atoms with Gasteiger partial charge in [-0.1, -0.05) is 30.3 Å². The average Bonchev–Trinajstić information content (AvgIpc) is 2.96. The molecule has 18 heavy (non-hydrogen) atoms. The zero-order valence-corrected chi connectivity index (χ0v) is 10.8. The van der Waals surface area contributed by atoms with Crippen molar-refractivity contribution in [2.24, 2.45) is 29.6 Å². The number of fused-ring (bicyclic) bond motifs is 1. The summed E-state index contributed by atoms with van der Waals surface area (Å²) in [5, 5.41) is 10.2. The fraction of sp³-hybridized carbons (Fsp3) is 0.647. The number of hydrogen-bond donors (Lipinski definition) is 1. The summed E-state index contributed by atoms with van der Waals surface area (Å²) in [5.41, 5.74) is 1.50. The summed E-state index contributed by atoms with van der Waals surface area (Å²) in [6.07, 6.45) is 6.55. The van der Waals surface area contributed by atoms with Gasteiger partial charge in [0.2, 0.25) is 0 Å². The van der Waals surface area contributed by atoms with Crippen LogP contribution in [0.3, 0.4) is 0 Å². The second-order valence-corrected chi connectivity index (χ2v) is 6.74. The molecule has 96 valence electrons. The summed E-state index contributed by atoms with van der Waals surface area (Å²) in [6, 6.07) is 11.0. The van der Waals surface area contributed by atoms with Gasteiger partial charge in [0.1, 0.15) is 0 Å². The van der Waals surface area contributed by atoms with Crippen molar-refractivity contribution < 1.29 is 5.11 Å². The maximum absolute atomic E-state index is 10.2. The molecule has 1 heteroatoms. The van der Waals surface area contributed by atoms with E-state index in [2.05, 4.69) is 30.3 Å². The van der Waals surface area contributed by atoms with Crippen LogP contribution in [0, 0.1) is 29.6 Å². The summed E-state index contributed by atoms with van der Waals surface area (Å²) >= 11 is 0. The van der Waals surface area contributed by atoms with Gasteiger partial charge in [-0.2, -0.15) is 0 Å². The monoisotopic (exact) mass is 242 g/mol. The molecule has 0 amide bonds. The highest BCUT2D eigenvalue weighted by Crippen LogP contribution is 2.59. The first-order valence-electron chi connectivity index (χ1n) is 7.55. The number of hydrogen-bond acceptors (Lipinski definition) is 1. The highest BCUT2D eigenvalue weighted by Gasteiger charge is 2.55. The first kappa shape index (κ1) is 11.0. The predicted octanol–water partition coefficient (Wildman–Crippen LogP) is 3.27. The van der Waals surface area contributed by atoms with Gasteiger partial charge in [-0.05, 0) is 67.3 Å². The molecule has 3 aliphatic rings. The second kappa shape index (κ2) is 4.09. The molecule has 0 aliphatic heterocycles. The molecule has 1 nitrogen and oxygen atoms in total. The van der Waals surface area contributed by atoms with E-state index >= 15 is 0 Å². The van der Waals surface area contributed by atoms with Gasteiger partial charge in [-0.3, -0.25) is 0 Å². The van der Waals surface area contributed by atoms with Crippen LogP contribution in [-0.4, -0.2) is 11.2 Å². The molecule has 0 heterocycles. The van der Waals surface area contributed by atoms with Gasteiger partial charge in [0.05, 0.1) is 6.10 Å². The number of aliphatic hydroxyl groups is 1. The lowest BCUT2D eigenvalue weighted by atomic mass is 9.63. The molecular formula is C17H22O. The molecule has 3 saturated carbocycles. The molecule has 4 rings (SSSR count). The van der Waals surface area contributed by atoms with E-state index in [0.29, 0.717) is 11.8 Å². The van der Waals surface area contributed by atoms with Crippen molar-refractivity contribution in [2.45, 2.75) is 38.2 Å². The summed E-state index contributed by atoms with van der Waals surface area (Å²) in [4.78, 5) is 0. The Kier molecular flexibility index (Phi) is 2.51. The molecular weight excluding hydrogens is 220 g/mol. The highest BCUT2D eigenvalue weighted by molar-refractivity contribution is 5.17. The lowest BCUT2D eigenvalue weighted by molar-refractivity contribution is -0.0108. The van der Waals surface area contributed by atoms with Gasteiger partial charge in [0.25, 0.3) is 0 Å². The van der Waals surface area contributed by atoms with Crippen LogP contribution in [0.5, 0.6) is 0 Å². The third kappa shape index (κ3) is 1.56. The normalized spacial score (nSPS) is 45.4. The maximum atomic E-state index is 10.2. The molecule has 2 bridgehead atoms. The smallest absolute Gasteiger partial charge is 0.0599 e. The summed E-state index contributed by atoms with van der Waals surface area (Å²) in [6.45, 7) is 0. The zero-order chi connectivity index (χ0) is 12.1. The lowest BCUT2D eigenvalue weighted by Crippen LogP contribution is -2.40. The zero-order valence-electron chi connectivity index (χ0n) is 10.8. The van der Waals surface area contributed by atoms with E-state index in [1.807, 2.05) is 0 Å². The molecule has 3 aliphatic carbocycles. The largest absolute Gasteiger partial charge is 0.393 e. The van der Waals surface area contributed by atoms with Gasteiger partial charge >= 0.3 is 0 Å². The van der Waals surface area contributed by atoms with Crippen molar-refractivity contribution in [1.82, 2.24) is 0 Å². The van der Waals surface area contributed by atoms with Gasteiger partial charge in [-0.25, -0.2) is 0 Å². The van der Waals surface area contributed by atoms with Crippen LogP contribution in [0.25, 0.3) is 0 Å². The molecule has 5 unspecified atom stereocenters. The van der Waals surface area contributed by atoms with Crippen LogP contribution in [-0.2, 0) is 6.42 Å². The summed E-state index contributed by atoms with van der Waals surface area (Å²) in [5.74, 6) is 3.94. The molecule has 0 aromatic heterocycles. The fourth-order valence-corrected chi connectivity index (χ4v) is 5.24. The minimum absolute atomic E-state index is 0.0453. The van der Waals surface area contributed by atoms with Crippen molar-refractivity contribution in [3.63, 3.8) is 0 Å². The van der Waals surface area contributed by atoms with Gasteiger partial charge in [0.15, 0.2) is 0 Å². The lowest BCUT2D eigenvalue weighted by Gasteiger charge is -2.43. The quantitative estimate of drug-likeness (QED) is 0.844. The Morgan fingerprint density at radius 2 is 1.72 bits per heavy atom. The predicted molar refractivity (Wildman–Crippen MR) is 72.1 cm³/mol. The van der Waals surface area contributed by atoms with Gasteiger partial charge < -0.3 is 5.11 Å². The molecule has 0 saturated heterocycles. The van der Waals surface area contributed by atoms with E-state index in [0.717, 1.165) is 17.8 Å². The highest BCUT2D eigenvalue weighted by atomic mass is 16.3. The van der Waals surface area contributed by atoms with Crippen molar-refractivity contribution in [1.29, 1.82) is 0 Å². The van der Waals surface area contributed by atoms with Gasteiger partial charge in [-0.15, -0.1) is 0 Å². The molecule has 1 N–H and O–H groups in total. The maximum Gasteiger partial charge on any atom is 0.0599 e. The number of benzene rings is 1. The topological polar surface area (TPSA) is 20.2 Å². The third-order valence-electron chi connectivity index (χ3n) is 5.99. The van der Waals surface area contributed by atoms with Crippen LogP contribution >= 0.6 is 0 Å². The Morgan fingerprint density at radius 1 is 0.944 bits per heavy atom. The van der Waals surface area contributed by atoms with Gasteiger partial charge in [0, 0.05) is 0 Å². The van der Waals surface area contributed by atoms with Crippen molar-refractivity contribution in [3.8, 4) is 0 Å². The van der Waals surface area contributed by atoms with Crippen LogP contribution in [0.4, 0.5) is 0 Å². The third-order valence-corrected chi connectivity index (χ3v) is 5.99. The van der Waals surface area contributed by atoms with E-state index in [9.17, 15) is 5.11 Å². The molecule has 1 aromatic rings. The first-order valence-corrected chi connectivity index (χ1v) is 7.55. The number of aliphatic hydroxyl groups excluding tert-OH is 1. The number of rotatable bonds is 2. The van der Waals surface area contributed by atoms with Crippen LogP contribution in [0.15, 0.2) is 30.3 Å². The molecule has 0 spiro atoms. The van der Waals surface area contributed by atoms with Crippen LogP contribution in [0.2, 0.25) is 0 Å². The van der Waals surface area contributed by atoms with E-state index < -0.39 is 0 Å². The SMILES string of the molecule is OC1C2CC3C1CC[C@H](Cc1ccccc1)C3C2. The van der Waals surface area contributed by atoms with Crippen molar-refractivity contribution in [2.75, 3.05) is 0 Å². The van der Waals surface area contributed by atoms with E-state index in [4.69, 9.17) is 0 Å². The summed E-state index contributed by atoms with van der Waals surface area (Å²) < 4.78 is 0. The fourth-order valence-electron chi connectivity index (χ4n) is 5.24. The molecule has 6 atom stereocenters. The minimum atomic E-state index is 0.0453. The van der Waals surface area contributed by atoms with E-state index in [1.165, 1.54) is 37.7 Å². The minimum Gasteiger partial charge on any atom is -0.393 e. The second-order valence-electron chi connectivity index (χ2n) is 6.74. The van der Waals surface area contributed by atoms with Crippen LogP contribution < -0.4 is 0 Å². The van der Waals surface area contributed by atoms with E-state index in [-0.39, 0.29) is 6.10 Å². The Hall–Kier alpha value is -0.820. The van der Waals surface area contributed by atoms with E-state index in [1.54, 1.807) is 0 Å². The molecule has 1 aromatic carbocycles. The Morgan fingerprint density at radius 3 is 2.50 bits per heavy atom. The van der Waals surface area contributed by atoms with Crippen molar-refractivity contribution >= 4 is 0 Å². The standard InChI is InChI=1S/C17H22O/c18-17-13-9-15-12(6-7-14(17)16(15)10-13)8-11-4-2-1-3-5-11/h1-5,12-18H,6-10H2/t12-,13?,14?,15?,16?,17?/m1/s1. The van der Waals surface area contributed by atoms with Crippen molar-refractivity contribution in [3.05, 3.63) is 35.9 Å². The Bertz CT molecular complexity index is 426. The molecule has 0 radical (unpaired) electrons. The molecule has 3 fully saturated rings.